The molecule has 3 aromatic rings. The summed E-state index contributed by atoms with van der Waals surface area (Å²) >= 11 is 0. The van der Waals surface area contributed by atoms with Gasteiger partial charge >= 0.3 is 0 Å². The molecule has 27 heavy (non-hydrogen) atoms. The molecule has 0 spiro atoms. The summed E-state index contributed by atoms with van der Waals surface area (Å²) in [5, 5.41) is 5.60. The smallest absolute Gasteiger partial charge is 0.291 e. The fourth-order valence-electron chi connectivity index (χ4n) is 3.02. The van der Waals surface area contributed by atoms with Gasteiger partial charge in [-0.2, -0.15) is 0 Å². The minimum absolute atomic E-state index is 0.0758. The normalized spacial score (nSPS) is 14.9. The minimum atomic E-state index is -0.366. The Balaban J connectivity index is 1.35. The highest BCUT2D eigenvalue weighted by Gasteiger charge is 2.22. The maximum Gasteiger partial charge on any atom is 0.291 e. The predicted octanol–water partition coefficient (Wildman–Crippen LogP) is 3.27. The number of para-hydroxylation sites is 1. The van der Waals surface area contributed by atoms with Crippen molar-refractivity contribution in [3.05, 3.63) is 83.8 Å². The molecular weight excluding hydrogens is 344 g/mol. The van der Waals surface area contributed by atoms with Crippen LogP contribution in [-0.4, -0.2) is 24.5 Å². The van der Waals surface area contributed by atoms with Gasteiger partial charge in [0.2, 0.25) is 0 Å². The Hall–Kier alpha value is -3.54. The van der Waals surface area contributed by atoms with E-state index in [0.29, 0.717) is 17.8 Å². The van der Waals surface area contributed by atoms with E-state index in [1.165, 1.54) is 6.26 Å². The zero-order valence-corrected chi connectivity index (χ0v) is 14.5. The van der Waals surface area contributed by atoms with E-state index >= 15 is 0 Å². The molecule has 1 aromatic heterocycles. The van der Waals surface area contributed by atoms with E-state index in [-0.39, 0.29) is 23.7 Å². The summed E-state index contributed by atoms with van der Waals surface area (Å²) in [4.78, 5) is 24.5. The van der Waals surface area contributed by atoms with E-state index in [4.69, 9.17) is 9.15 Å². The zero-order valence-electron chi connectivity index (χ0n) is 14.5. The van der Waals surface area contributed by atoms with E-state index in [2.05, 4.69) is 10.6 Å². The zero-order chi connectivity index (χ0) is 18.6. The number of rotatable bonds is 5. The average molecular weight is 362 g/mol. The van der Waals surface area contributed by atoms with Gasteiger partial charge in [-0.1, -0.05) is 24.3 Å². The molecule has 2 aromatic carbocycles. The number of anilines is 1. The molecule has 1 atom stereocenters. The third-order valence-corrected chi connectivity index (χ3v) is 4.33. The number of benzene rings is 2. The maximum absolute atomic E-state index is 12.4. The molecule has 0 bridgehead atoms. The minimum Gasteiger partial charge on any atom is -0.488 e. The van der Waals surface area contributed by atoms with Crippen LogP contribution in [0.5, 0.6) is 5.75 Å². The van der Waals surface area contributed by atoms with Gasteiger partial charge in [0.05, 0.1) is 12.8 Å². The van der Waals surface area contributed by atoms with E-state index in [0.717, 1.165) is 17.7 Å². The Labute approximate surface area is 156 Å². The standard InChI is InChI=1S/C21H18N2O4/c24-20(22-13-17-12-14-5-1-2-8-18(14)27-17)15-6-3-7-16(11-15)23-21(25)19-9-4-10-26-19/h1-11,17H,12-13H2,(H,22,24)(H,23,25)/t17-/m1/s1. The van der Waals surface area contributed by atoms with Crippen molar-refractivity contribution in [1.82, 2.24) is 5.32 Å². The summed E-state index contributed by atoms with van der Waals surface area (Å²) < 4.78 is 10.9. The van der Waals surface area contributed by atoms with Crippen LogP contribution in [0.25, 0.3) is 0 Å². The van der Waals surface area contributed by atoms with Crippen molar-refractivity contribution in [2.24, 2.45) is 0 Å². The lowest BCUT2D eigenvalue weighted by atomic mass is 10.1. The summed E-state index contributed by atoms with van der Waals surface area (Å²) in [6.07, 6.45) is 2.13. The second-order valence-corrected chi connectivity index (χ2v) is 6.27. The van der Waals surface area contributed by atoms with Crippen LogP contribution in [0.4, 0.5) is 5.69 Å². The number of furan rings is 1. The molecule has 0 saturated heterocycles. The average Bonchev–Trinajstić information content (AvgIpc) is 3.35. The molecule has 2 heterocycles. The predicted molar refractivity (Wildman–Crippen MR) is 100.0 cm³/mol. The number of nitrogens with one attached hydrogen (secondary N) is 2. The summed E-state index contributed by atoms with van der Waals surface area (Å²) in [7, 11) is 0. The van der Waals surface area contributed by atoms with Gasteiger partial charge in [0, 0.05) is 17.7 Å². The fraction of sp³-hybridized carbons (Fsp3) is 0.143. The third-order valence-electron chi connectivity index (χ3n) is 4.33. The topological polar surface area (TPSA) is 80.6 Å². The molecule has 2 amide bonds. The molecule has 0 radical (unpaired) electrons. The van der Waals surface area contributed by atoms with Gasteiger partial charge in [-0.3, -0.25) is 9.59 Å². The molecule has 0 aliphatic carbocycles. The monoisotopic (exact) mass is 362 g/mol. The van der Waals surface area contributed by atoms with Gasteiger partial charge in [0.1, 0.15) is 11.9 Å². The van der Waals surface area contributed by atoms with Gasteiger partial charge in [-0.15, -0.1) is 0 Å². The number of amides is 2. The molecule has 0 fully saturated rings. The molecule has 1 aliphatic rings. The number of ether oxygens (including phenoxy) is 1. The first-order valence-corrected chi connectivity index (χ1v) is 8.67. The van der Waals surface area contributed by atoms with Crippen molar-refractivity contribution in [3.63, 3.8) is 0 Å². The van der Waals surface area contributed by atoms with Gasteiger partial charge in [-0.25, -0.2) is 0 Å². The highest BCUT2D eigenvalue weighted by atomic mass is 16.5. The molecule has 0 saturated carbocycles. The highest BCUT2D eigenvalue weighted by molar-refractivity contribution is 6.03. The summed E-state index contributed by atoms with van der Waals surface area (Å²) in [6, 6.07) is 17.8. The number of hydrogen-bond acceptors (Lipinski definition) is 4. The first-order valence-electron chi connectivity index (χ1n) is 8.67. The summed E-state index contributed by atoms with van der Waals surface area (Å²) in [5.41, 5.74) is 2.13. The number of hydrogen-bond donors (Lipinski definition) is 2. The van der Waals surface area contributed by atoms with Gasteiger partial charge in [-0.05, 0) is 42.0 Å². The molecule has 2 N–H and O–H groups in total. The Morgan fingerprint density at radius 2 is 1.89 bits per heavy atom. The van der Waals surface area contributed by atoms with E-state index < -0.39 is 0 Å². The van der Waals surface area contributed by atoms with Crippen molar-refractivity contribution in [2.45, 2.75) is 12.5 Å². The SMILES string of the molecule is O=C(NC[C@H]1Cc2ccccc2O1)c1cccc(NC(=O)c2ccco2)c1. The fourth-order valence-corrected chi connectivity index (χ4v) is 3.02. The lowest BCUT2D eigenvalue weighted by Gasteiger charge is -2.12. The Morgan fingerprint density at radius 1 is 1.00 bits per heavy atom. The molecule has 4 rings (SSSR count). The van der Waals surface area contributed by atoms with E-state index in [1.807, 2.05) is 24.3 Å². The quantitative estimate of drug-likeness (QED) is 0.730. The largest absolute Gasteiger partial charge is 0.488 e. The van der Waals surface area contributed by atoms with Gasteiger partial charge < -0.3 is 19.8 Å². The summed E-state index contributed by atoms with van der Waals surface area (Å²) in [5.74, 6) is 0.500. The molecule has 6 heteroatoms. The van der Waals surface area contributed by atoms with Crippen molar-refractivity contribution in [3.8, 4) is 5.75 Å². The van der Waals surface area contributed by atoms with Crippen LogP contribution in [0.1, 0.15) is 26.5 Å². The lowest BCUT2D eigenvalue weighted by molar-refractivity contribution is 0.0932. The van der Waals surface area contributed by atoms with E-state index in [9.17, 15) is 9.59 Å². The highest BCUT2D eigenvalue weighted by Crippen LogP contribution is 2.27. The Morgan fingerprint density at radius 3 is 2.70 bits per heavy atom. The third kappa shape index (κ3) is 3.84. The van der Waals surface area contributed by atoms with E-state index in [1.54, 1.807) is 36.4 Å². The van der Waals surface area contributed by atoms with Crippen molar-refractivity contribution < 1.29 is 18.7 Å². The number of carbonyl (C=O) groups is 2. The van der Waals surface area contributed by atoms with Crippen LogP contribution in [0, 0.1) is 0 Å². The van der Waals surface area contributed by atoms with Crippen molar-refractivity contribution in [2.75, 3.05) is 11.9 Å². The van der Waals surface area contributed by atoms with Gasteiger partial charge in [0.15, 0.2) is 5.76 Å². The van der Waals surface area contributed by atoms with Crippen LogP contribution in [0.2, 0.25) is 0 Å². The molecule has 1 aliphatic heterocycles. The van der Waals surface area contributed by atoms with Crippen LogP contribution in [-0.2, 0) is 6.42 Å². The van der Waals surface area contributed by atoms with Crippen LogP contribution in [0.3, 0.4) is 0 Å². The second-order valence-electron chi connectivity index (χ2n) is 6.27. The van der Waals surface area contributed by atoms with Crippen molar-refractivity contribution >= 4 is 17.5 Å². The van der Waals surface area contributed by atoms with Crippen LogP contribution < -0.4 is 15.4 Å². The maximum atomic E-state index is 12.4. The lowest BCUT2D eigenvalue weighted by Crippen LogP contribution is -2.34. The molecule has 6 nitrogen and oxygen atoms in total. The Bertz CT molecular complexity index is 941. The molecular formula is C21H18N2O4. The Kier molecular flexibility index (Phi) is 4.61. The van der Waals surface area contributed by atoms with Crippen molar-refractivity contribution in [1.29, 1.82) is 0 Å². The first-order chi connectivity index (χ1) is 13.2. The summed E-state index contributed by atoms with van der Waals surface area (Å²) in [6.45, 7) is 0.413. The molecule has 0 unspecified atom stereocenters. The van der Waals surface area contributed by atoms with Crippen LogP contribution >= 0.6 is 0 Å². The molecule has 136 valence electrons. The van der Waals surface area contributed by atoms with Gasteiger partial charge in [0.25, 0.3) is 11.8 Å². The van der Waals surface area contributed by atoms with Crippen LogP contribution in [0.15, 0.2) is 71.3 Å². The second kappa shape index (κ2) is 7.37. The number of fused-ring (bicyclic) bond motifs is 1. The number of carbonyl (C=O) groups excluding carboxylic acids is 2. The first kappa shape index (κ1) is 16.9.